The summed E-state index contributed by atoms with van der Waals surface area (Å²) >= 11 is 0. The van der Waals surface area contributed by atoms with E-state index in [0.717, 1.165) is 12.1 Å². The van der Waals surface area contributed by atoms with Crippen molar-refractivity contribution < 1.29 is 22.7 Å². The zero-order valence-corrected chi connectivity index (χ0v) is 11.2. The Balaban J connectivity index is 2.83. The summed E-state index contributed by atoms with van der Waals surface area (Å²) in [6, 6.07) is 1.84. The first-order valence-electron chi connectivity index (χ1n) is 6.00. The van der Waals surface area contributed by atoms with Gasteiger partial charge in [0, 0.05) is 13.1 Å². The lowest BCUT2D eigenvalue weighted by Gasteiger charge is -2.13. The summed E-state index contributed by atoms with van der Waals surface area (Å²) in [4.78, 5) is 14.9. The van der Waals surface area contributed by atoms with Crippen molar-refractivity contribution in [2.45, 2.75) is 19.5 Å². The number of hydrogen-bond acceptors (Lipinski definition) is 5. The van der Waals surface area contributed by atoms with E-state index in [-0.39, 0.29) is 24.6 Å². The minimum atomic E-state index is -4.45. The molecule has 1 aromatic heterocycles. The van der Waals surface area contributed by atoms with Crippen LogP contribution in [0.4, 0.5) is 24.8 Å². The van der Waals surface area contributed by atoms with E-state index in [9.17, 15) is 18.0 Å². The summed E-state index contributed by atoms with van der Waals surface area (Å²) < 4.78 is 42.6. The van der Waals surface area contributed by atoms with Gasteiger partial charge in [-0.2, -0.15) is 13.2 Å². The van der Waals surface area contributed by atoms with Gasteiger partial charge in [-0.05, 0) is 19.1 Å². The Bertz CT molecular complexity index is 464. The lowest BCUT2D eigenvalue weighted by Crippen LogP contribution is -2.13. The molecule has 0 atom stereocenters. The molecule has 8 heteroatoms. The molecular weight excluding hydrogens is 275 g/mol. The van der Waals surface area contributed by atoms with Gasteiger partial charge in [0.05, 0.1) is 19.1 Å². The third-order valence-electron chi connectivity index (χ3n) is 2.37. The number of rotatable bonds is 6. The number of esters is 1. The highest BCUT2D eigenvalue weighted by molar-refractivity contribution is 5.69. The maximum Gasteiger partial charge on any atom is 0.416 e. The number of carbonyl (C=O) groups is 1. The molecule has 0 aliphatic carbocycles. The Hall–Kier alpha value is -1.99. The van der Waals surface area contributed by atoms with Crippen LogP contribution in [-0.2, 0) is 15.7 Å². The van der Waals surface area contributed by atoms with Crippen LogP contribution in [0.2, 0.25) is 0 Å². The molecule has 0 aliphatic heterocycles. The molecule has 0 saturated carbocycles. The van der Waals surface area contributed by atoms with Crippen LogP contribution in [0.3, 0.4) is 0 Å². The first-order chi connectivity index (χ1) is 9.36. The van der Waals surface area contributed by atoms with Gasteiger partial charge in [0.15, 0.2) is 0 Å². The molecule has 5 nitrogen and oxygen atoms in total. The average molecular weight is 291 g/mol. The van der Waals surface area contributed by atoms with Crippen LogP contribution in [0.15, 0.2) is 12.1 Å². The molecule has 0 radical (unpaired) electrons. The van der Waals surface area contributed by atoms with Gasteiger partial charge in [-0.3, -0.25) is 4.79 Å². The third-order valence-corrected chi connectivity index (χ3v) is 2.37. The monoisotopic (exact) mass is 291 g/mol. The van der Waals surface area contributed by atoms with Gasteiger partial charge >= 0.3 is 12.1 Å². The van der Waals surface area contributed by atoms with Crippen LogP contribution in [0.5, 0.6) is 0 Å². The SMILES string of the molecule is CCNc1cc(C(F)(F)F)cc(NCCC(=O)OC)n1. The van der Waals surface area contributed by atoms with Crippen LogP contribution in [0.1, 0.15) is 18.9 Å². The van der Waals surface area contributed by atoms with Gasteiger partial charge in [-0.1, -0.05) is 0 Å². The van der Waals surface area contributed by atoms with Crippen LogP contribution in [0.25, 0.3) is 0 Å². The zero-order chi connectivity index (χ0) is 15.2. The van der Waals surface area contributed by atoms with Gasteiger partial charge in [-0.15, -0.1) is 0 Å². The Labute approximate surface area is 114 Å². The number of methoxy groups -OCH3 is 1. The average Bonchev–Trinajstić information content (AvgIpc) is 2.37. The first-order valence-corrected chi connectivity index (χ1v) is 6.00. The van der Waals surface area contributed by atoms with Crippen molar-refractivity contribution in [3.63, 3.8) is 0 Å². The van der Waals surface area contributed by atoms with E-state index in [0.29, 0.717) is 6.54 Å². The standard InChI is InChI=1S/C12H16F3N3O2/c1-3-16-9-6-8(12(13,14)15)7-10(18-9)17-5-4-11(19)20-2/h6-7H,3-5H2,1-2H3,(H2,16,17,18). The van der Waals surface area contributed by atoms with E-state index in [1.807, 2.05) is 0 Å². The predicted molar refractivity (Wildman–Crippen MR) is 68.5 cm³/mol. The molecule has 0 spiro atoms. The molecule has 0 fully saturated rings. The molecule has 20 heavy (non-hydrogen) atoms. The summed E-state index contributed by atoms with van der Waals surface area (Å²) in [7, 11) is 1.24. The van der Waals surface area contributed by atoms with Gasteiger partial charge < -0.3 is 15.4 Å². The van der Waals surface area contributed by atoms with E-state index in [2.05, 4.69) is 20.4 Å². The lowest BCUT2D eigenvalue weighted by molar-refractivity contribution is -0.140. The van der Waals surface area contributed by atoms with Gasteiger partial charge in [0.2, 0.25) is 0 Å². The Kier molecular flexibility index (Phi) is 5.60. The van der Waals surface area contributed by atoms with E-state index in [1.165, 1.54) is 7.11 Å². The molecule has 0 unspecified atom stereocenters. The molecular formula is C12H16F3N3O2. The number of carbonyl (C=O) groups excluding carboxylic acids is 1. The van der Waals surface area contributed by atoms with E-state index < -0.39 is 17.7 Å². The lowest BCUT2D eigenvalue weighted by atomic mass is 10.2. The van der Waals surface area contributed by atoms with E-state index in [1.54, 1.807) is 6.92 Å². The number of anilines is 2. The number of halogens is 3. The highest BCUT2D eigenvalue weighted by Crippen LogP contribution is 2.32. The molecule has 0 aliphatic rings. The van der Waals surface area contributed by atoms with E-state index >= 15 is 0 Å². The topological polar surface area (TPSA) is 63.2 Å². The van der Waals surface area contributed by atoms with E-state index in [4.69, 9.17) is 0 Å². The quantitative estimate of drug-likeness (QED) is 0.788. The Morgan fingerprint density at radius 2 is 1.90 bits per heavy atom. The highest BCUT2D eigenvalue weighted by Gasteiger charge is 2.31. The van der Waals surface area contributed by atoms with Crippen molar-refractivity contribution in [1.29, 1.82) is 0 Å². The van der Waals surface area contributed by atoms with Crippen molar-refractivity contribution in [3.05, 3.63) is 17.7 Å². The zero-order valence-electron chi connectivity index (χ0n) is 11.2. The second kappa shape index (κ2) is 6.97. The van der Waals surface area contributed by atoms with Crippen LogP contribution in [0, 0.1) is 0 Å². The fourth-order valence-corrected chi connectivity index (χ4v) is 1.45. The van der Waals surface area contributed by atoms with Crippen LogP contribution >= 0.6 is 0 Å². The largest absolute Gasteiger partial charge is 0.469 e. The first kappa shape index (κ1) is 16.1. The number of nitrogens with one attached hydrogen (secondary N) is 2. The molecule has 2 N–H and O–H groups in total. The summed E-state index contributed by atoms with van der Waals surface area (Å²) in [6.07, 6.45) is -4.41. The fourth-order valence-electron chi connectivity index (χ4n) is 1.45. The maximum absolute atomic E-state index is 12.7. The summed E-state index contributed by atoms with van der Waals surface area (Å²) in [5.74, 6) is -0.265. The van der Waals surface area contributed by atoms with Gasteiger partial charge in [0.25, 0.3) is 0 Å². The third kappa shape index (κ3) is 4.94. The highest BCUT2D eigenvalue weighted by atomic mass is 19.4. The molecule has 112 valence electrons. The summed E-state index contributed by atoms with van der Waals surface area (Å²) in [6.45, 7) is 2.36. The summed E-state index contributed by atoms with van der Waals surface area (Å²) in [5.41, 5.74) is -0.802. The van der Waals surface area contributed by atoms with Crippen LogP contribution < -0.4 is 10.6 Å². The predicted octanol–water partition coefficient (Wildman–Crippen LogP) is 2.51. The second-order valence-electron chi connectivity index (χ2n) is 3.91. The second-order valence-corrected chi connectivity index (χ2v) is 3.91. The number of aromatic nitrogens is 1. The minimum Gasteiger partial charge on any atom is -0.469 e. The minimum absolute atomic E-state index is 0.0466. The molecule has 1 aromatic rings. The number of hydrogen-bond donors (Lipinski definition) is 2. The molecule has 0 amide bonds. The molecule has 0 aromatic carbocycles. The van der Waals surface area contributed by atoms with Crippen molar-refractivity contribution in [3.8, 4) is 0 Å². The molecule has 1 rings (SSSR count). The number of alkyl halides is 3. The number of ether oxygens (including phenoxy) is 1. The maximum atomic E-state index is 12.7. The van der Waals surface area contributed by atoms with Gasteiger partial charge in [0.1, 0.15) is 11.6 Å². The normalized spacial score (nSPS) is 11.1. The van der Waals surface area contributed by atoms with Crippen molar-refractivity contribution >= 4 is 17.6 Å². The summed E-state index contributed by atoms with van der Waals surface area (Å²) in [5, 5.41) is 5.40. The molecule has 1 heterocycles. The fraction of sp³-hybridized carbons (Fsp3) is 0.500. The van der Waals surface area contributed by atoms with Crippen molar-refractivity contribution in [2.24, 2.45) is 0 Å². The Morgan fingerprint density at radius 3 is 2.40 bits per heavy atom. The van der Waals surface area contributed by atoms with Crippen molar-refractivity contribution in [1.82, 2.24) is 4.98 Å². The van der Waals surface area contributed by atoms with Crippen LogP contribution in [-0.4, -0.2) is 31.2 Å². The smallest absolute Gasteiger partial charge is 0.416 e. The molecule has 0 saturated heterocycles. The van der Waals surface area contributed by atoms with Crippen molar-refractivity contribution in [2.75, 3.05) is 30.8 Å². The Morgan fingerprint density at radius 1 is 1.30 bits per heavy atom. The van der Waals surface area contributed by atoms with Gasteiger partial charge in [-0.25, -0.2) is 4.98 Å². The molecule has 0 bridgehead atoms. The number of pyridine rings is 1. The number of nitrogens with zero attached hydrogens (tertiary/aromatic N) is 1.